The Kier molecular flexibility index (Phi) is 9.74. The van der Waals surface area contributed by atoms with E-state index >= 15 is 0 Å². The third-order valence-electron chi connectivity index (χ3n) is 7.74. The van der Waals surface area contributed by atoms with Crippen LogP contribution in [-0.4, -0.2) is 51.7 Å². The molecule has 0 bridgehead atoms. The van der Waals surface area contributed by atoms with E-state index in [2.05, 4.69) is 15.2 Å². The number of nitrogens with zero attached hydrogens (tertiary/aromatic N) is 2. The van der Waals surface area contributed by atoms with Gasteiger partial charge in [0.05, 0.1) is 30.5 Å². The summed E-state index contributed by atoms with van der Waals surface area (Å²) in [5.74, 6) is -0.252. The minimum atomic E-state index is -0.677. The molecule has 1 saturated heterocycles. The van der Waals surface area contributed by atoms with Crippen LogP contribution >= 0.6 is 0 Å². The molecular formula is C34H37N3O5. The Labute approximate surface area is 246 Å². The van der Waals surface area contributed by atoms with Gasteiger partial charge in [-0.2, -0.15) is 0 Å². The summed E-state index contributed by atoms with van der Waals surface area (Å²) in [6, 6.07) is 28.2. The molecule has 1 aromatic heterocycles. The number of carbonyl (C=O) groups is 1. The van der Waals surface area contributed by atoms with Crippen LogP contribution in [0.1, 0.15) is 64.5 Å². The van der Waals surface area contributed by atoms with Gasteiger partial charge in [-0.1, -0.05) is 66.7 Å². The van der Waals surface area contributed by atoms with Crippen molar-refractivity contribution in [2.24, 2.45) is 0 Å². The van der Waals surface area contributed by atoms with Gasteiger partial charge >= 0.3 is 0 Å². The zero-order valence-electron chi connectivity index (χ0n) is 23.8. The second kappa shape index (κ2) is 13.8. The van der Waals surface area contributed by atoms with Gasteiger partial charge in [0.25, 0.3) is 5.91 Å². The molecule has 1 amide bonds. The maximum absolute atomic E-state index is 12.7. The summed E-state index contributed by atoms with van der Waals surface area (Å²) in [5, 5.41) is 23.4. The molecule has 8 nitrogen and oxygen atoms in total. The Balaban J connectivity index is 1.35. The summed E-state index contributed by atoms with van der Waals surface area (Å²) in [7, 11) is 1.99. The fourth-order valence-corrected chi connectivity index (χ4v) is 5.15. The van der Waals surface area contributed by atoms with Crippen molar-refractivity contribution in [3.05, 3.63) is 131 Å². The van der Waals surface area contributed by atoms with Crippen LogP contribution < -0.4 is 5.32 Å². The molecule has 1 aliphatic rings. The average Bonchev–Trinajstić information content (AvgIpc) is 3.04. The summed E-state index contributed by atoms with van der Waals surface area (Å²) in [4.78, 5) is 18.9. The van der Waals surface area contributed by atoms with E-state index < -0.39 is 12.4 Å². The van der Waals surface area contributed by atoms with E-state index in [-0.39, 0.29) is 30.8 Å². The minimum Gasteiger partial charge on any atom is -0.392 e. The molecule has 2 heterocycles. The van der Waals surface area contributed by atoms with Crippen LogP contribution in [0, 0.1) is 0 Å². The average molecular weight is 568 g/mol. The lowest BCUT2D eigenvalue weighted by molar-refractivity contribution is -0.253. The van der Waals surface area contributed by atoms with Crippen molar-refractivity contribution in [2.45, 2.75) is 50.6 Å². The lowest BCUT2D eigenvalue weighted by Crippen LogP contribution is -2.43. The van der Waals surface area contributed by atoms with Gasteiger partial charge in [-0.25, -0.2) is 0 Å². The molecule has 3 aromatic carbocycles. The number of amides is 1. The molecule has 1 fully saturated rings. The van der Waals surface area contributed by atoms with E-state index in [4.69, 9.17) is 9.47 Å². The molecule has 8 heteroatoms. The first-order valence-electron chi connectivity index (χ1n) is 14.2. The maximum atomic E-state index is 12.7. The van der Waals surface area contributed by atoms with Crippen molar-refractivity contribution in [2.75, 3.05) is 18.9 Å². The molecule has 3 N–H and O–H groups in total. The Morgan fingerprint density at radius 1 is 1.00 bits per heavy atom. The normalized spacial score (nSPS) is 20.2. The molecular weight excluding hydrogens is 530 g/mol. The van der Waals surface area contributed by atoms with Gasteiger partial charge in [0.15, 0.2) is 6.29 Å². The molecule has 0 unspecified atom stereocenters. The second-order valence-corrected chi connectivity index (χ2v) is 10.7. The van der Waals surface area contributed by atoms with Gasteiger partial charge in [-0.05, 0) is 54.9 Å². The molecule has 0 saturated carbocycles. The van der Waals surface area contributed by atoms with E-state index in [0.717, 1.165) is 22.3 Å². The highest BCUT2D eigenvalue weighted by Crippen LogP contribution is 2.39. The smallest absolute Gasteiger partial charge is 0.257 e. The molecule has 4 aromatic rings. The topological polar surface area (TPSA) is 104 Å². The molecule has 0 radical (unpaired) electrons. The second-order valence-electron chi connectivity index (χ2n) is 10.7. The number of ether oxygens (including phenoxy) is 2. The van der Waals surface area contributed by atoms with Crippen LogP contribution in [0.4, 0.5) is 5.69 Å². The van der Waals surface area contributed by atoms with Crippen molar-refractivity contribution < 1.29 is 24.5 Å². The van der Waals surface area contributed by atoms with Crippen LogP contribution in [-0.2, 0) is 16.1 Å². The van der Waals surface area contributed by atoms with Crippen molar-refractivity contribution in [1.82, 2.24) is 9.88 Å². The number of aliphatic hydroxyl groups excluding tert-OH is 2. The van der Waals surface area contributed by atoms with Crippen molar-refractivity contribution >= 4 is 11.6 Å². The zero-order chi connectivity index (χ0) is 29.5. The molecule has 5 rings (SSSR count). The Bertz CT molecular complexity index is 1430. The van der Waals surface area contributed by atoms with Crippen LogP contribution in [0.25, 0.3) is 0 Å². The first-order valence-corrected chi connectivity index (χ1v) is 14.2. The predicted molar refractivity (Wildman–Crippen MR) is 161 cm³/mol. The Morgan fingerprint density at radius 2 is 1.79 bits per heavy atom. The molecule has 0 aliphatic carbocycles. The number of pyridine rings is 1. The van der Waals surface area contributed by atoms with E-state index in [1.54, 1.807) is 18.3 Å². The van der Waals surface area contributed by atoms with Gasteiger partial charge in [0.2, 0.25) is 0 Å². The number of hydrogen-bond donors (Lipinski definition) is 3. The summed E-state index contributed by atoms with van der Waals surface area (Å²) in [6.45, 7) is 2.56. The number of hydrogen-bond acceptors (Lipinski definition) is 7. The fourth-order valence-electron chi connectivity index (χ4n) is 5.15. The largest absolute Gasteiger partial charge is 0.392 e. The first-order chi connectivity index (χ1) is 20.4. The summed E-state index contributed by atoms with van der Waals surface area (Å²) < 4.78 is 13.0. The van der Waals surface area contributed by atoms with Crippen LogP contribution in [0.5, 0.6) is 0 Å². The standard InChI is InChI=1S/C34H37N3O5/c1-23(32(39)26-8-4-3-5-9-26)37(2)21-30-19-31(25-15-13-24(22-38)14-16-25)42-34(41-30)27-10-6-12-29(18-27)36-33(40)28-11-7-17-35-20-28/h3-18,20,23,30-32,34,38-39H,19,21-22H2,1-2H3,(H,36,40)/t23-,30+,31-,32-,34-/m0/s1. The van der Waals surface area contributed by atoms with E-state index in [9.17, 15) is 15.0 Å². The molecule has 218 valence electrons. The predicted octanol–water partition coefficient (Wildman–Crippen LogP) is 5.43. The highest BCUT2D eigenvalue weighted by Gasteiger charge is 2.34. The fraction of sp³-hybridized carbons (Fsp3) is 0.294. The molecule has 0 spiro atoms. The van der Waals surface area contributed by atoms with Crippen molar-refractivity contribution in [3.63, 3.8) is 0 Å². The maximum Gasteiger partial charge on any atom is 0.257 e. The minimum absolute atomic E-state index is 0.0237. The number of benzene rings is 3. The van der Waals surface area contributed by atoms with Gasteiger partial charge < -0.3 is 25.0 Å². The van der Waals surface area contributed by atoms with E-state index in [0.29, 0.717) is 24.2 Å². The Hall–Kier alpha value is -3.92. The summed E-state index contributed by atoms with van der Waals surface area (Å²) in [5.41, 5.74) is 4.56. The number of carbonyl (C=O) groups excluding carboxylic acids is 1. The van der Waals surface area contributed by atoms with Crippen LogP contribution in [0.2, 0.25) is 0 Å². The van der Waals surface area contributed by atoms with E-state index in [1.165, 1.54) is 6.20 Å². The highest BCUT2D eigenvalue weighted by atomic mass is 16.7. The summed E-state index contributed by atoms with van der Waals surface area (Å²) >= 11 is 0. The molecule has 42 heavy (non-hydrogen) atoms. The van der Waals surface area contributed by atoms with Gasteiger partial charge in [-0.15, -0.1) is 0 Å². The zero-order valence-corrected chi connectivity index (χ0v) is 23.8. The van der Waals surface area contributed by atoms with E-state index in [1.807, 2.05) is 92.8 Å². The third-order valence-corrected chi connectivity index (χ3v) is 7.74. The van der Waals surface area contributed by atoms with Crippen molar-refractivity contribution in [1.29, 1.82) is 0 Å². The van der Waals surface area contributed by atoms with Gasteiger partial charge in [0.1, 0.15) is 0 Å². The number of nitrogens with one attached hydrogen (secondary N) is 1. The first kappa shape index (κ1) is 29.6. The SMILES string of the molecule is C[C@@H]([C@H](O)c1ccccc1)N(C)C[C@H]1C[C@@H](c2ccc(CO)cc2)O[C@@H](c2cccc(NC(=O)c3cccnc3)c2)O1. The Morgan fingerprint density at radius 3 is 2.50 bits per heavy atom. The lowest BCUT2D eigenvalue weighted by Gasteiger charge is -2.39. The number of likely N-dealkylation sites (N-methyl/N-ethyl adjacent to an activating group) is 1. The lowest BCUT2D eigenvalue weighted by atomic mass is 9.98. The number of anilines is 1. The van der Waals surface area contributed by atoms with Gasteiger partial charge in [-0.3, -0.25) is 14.7 Å². The monoisotopic (exact) mass is 567 g/mol. The van der Waals surface area contributed by atoms with Crippen LogP contribution in [0.15, 0.2) is 103 Å². The molecule has 5 atom stereocenters. The molecule has 1 aliphatic heterocycles. The highest BCUT2D eigenvalue weighted by molar-refractivity contribution is 6.04. The summed E-state index contributed by atoms with van der Waals surface area (Å²) in [6.07, 6.45) is 1.99. The van der Waals surface area contributed by atoms with Crippen molar-refractivity contribution in [3.8, 4) is 0 Å². The third kappa shape index (κ3) is 7.28. The number of aromatic nitrogens is 1. The number of rotatable bonds is 10. The van der Waals surface area contributed by atoms with Crippen LogP contribution in [0.3, 0.4) is 0 Å². The number of aliphatic hydroxyl groups is 2. The van der Waals surface area contributed by atoms with Gasteiger partial charge in [0, 0.05) is 42.7 Å². The quantitative estimate of drug-likeness (QED) is 0.235.